The molecule has 0 spiro atoms. The summed E-state index contributed by atoms with van der Waals surface area (Å²) in [5.74, 6) is 0.629. The lowest BCUT2D eigenvalue weighted by Gasteiger charge is -2.23. The van der Waals surface area contributed by atoms with Crippen molar-refractivity contribution < 1.29 is 5.11 Å². The van der Waals surface area contributed by atoms with Gasteiger partial charge in [0.2, 0.25) is 0 Å². The lowest BCUT2D eigenvalue weighted by atomic mass is 9.91. The highest BCUT2D eigenvalue weighted by molar-refractivity contribution is 7.12. The molecular weight excluding hydrogens is 252 g/mol. The topological polar surface area (TPSA) is 20.2 Å². The van der Waals surface area contributed by atoms with E-state index in [-0.39, 0.29) is 0 Å². The minimum atomic E-state index is -0.897. The monoisotopic (exact) mass is 274 g/mol. The van der Waals surface area contributed by atoms with E-state index in [0.717, 1.165) is 16.9 Å². The van der Waals surface area contributed by atoms with Gasteiger partial charge in [-0.1, -0.05) is 38.1 Å². The van der Waals surface area contributed by atoms with Crippen LogP contribution in [0.1, 0.15) is 41.7 Å². The van der Waals surface area contributed by atoms with Crippen molar-refractivity contribution >= 4 is 11.3 Å². The number of hydrogen-bond donors (Lipinski definition) is 1. The third-order valence-corrected chi connectivity index (χ3v) is 4.56. The molecule has 102 valence electrons. The van der Waals surface area contributed by atoms with Gasteiger partial charge in [-0.05, 0) is 49.4 Å². The molecule has 1 aromatic heterocycles. The Labute approximate surface area is 119 Å². The fourth-order valence-electron chi connectivity index (χ4n) is 2.31. The van der Waals surface area contributed by atoms with Crippen LogP contribution in [-0.2, 0) is 12.0 Å². The average Bonchev–Trinajstić information content (AvgIpc) is 2.76. The first-order chi connectivity index (χ1) is 8.89. The molecule has 1 unspecified atom stereocenters. The summed E-state index contributed by atoms with van der Waals surface area (Å²) in [6.45, 7) is 8.38. The Balaban J connectivity index is 2.34. The lowest BCUT2D eigenvalue weighted by molar-refractivity contribution is 0.106. The van der Waals surface area contributed by atoms with E-state index < -0.39 is 5.60 Å². The van der Waals surface area contributed by atoms with Gasteiger partial charge in [0.25, 0.3) is 0 Å². The van der Waals surface area contributed by atoms with Crippen LogP contribution in [0.3, 0.4) is 0 Å². The number of hydrogen-bond acceptors (Lipinski definition) is 2. The van der Waals surface area contributed by atoms with Crippen LogP contribution in [0.15, 0.2) is 36.4 Å². The first-order valence-electron chi connectivity index (χ1n) is 6.78. The highest BCUT2D eigenvalue weighted by Crippen LogP contribution is 2.34. The predicted molar refractivity (Wildman–Crippen MR) is 82.7 cm³/mol. The molecule has 2 rings (SSSR count). The molecule has 1 aromatic carbocycles. The fraction of sp³-hybridized carbons (Fsp3) is 0.412. The Morgan fingerprint density at radius 2 is 1.95 bits per heavy atom. The van der Waals surface area contributed by atoms with E-state index in [1.807, 2.05) is 25.1 Å². The number of aliphatic hydroxyl groups is 1. The molecule has 0 bridgehead atoms. The zero-order valence-corrected chi connectivity index (χ0v) is 12.9. The van der Waals surface area contributed by atoms with Crippen LogP contribution in [0.4, 0.5) is 0 Å². The Hall–Kier alpha value is -1.12. The zero-order chi connectivity index (χ0) is 14.0. The maximum atomic E-state index is 10.8. The van der Waals surface area contributed by atoms with Gasteiger partial charge in [-0.15, -0.1) is 11.3 Å². The summed E-state index contributed by atoms with van der Waals surface area (Å²) in [6.07, 6.45) is 1.05. The minimum Gasteiger partial charge on any atom is -0.380 e. The van der Waals surface area contributed by atoms with Gasteiger partial charge in [-0.2, -0.15) is 0 Å². The van der Waals surface area contributed by atoms with Crippen molar-refractivity contribution in [2.45, 2.75) is 39.7 Å². The molecule has 0 amide bonds. The van der Waals surface area contributed by atoms with E-state index in [0.29, 0.717) is 5.92 Å². The maximum absolute atomic E-state index is 10.8. The quantitative estimate of drug-likeness (QED) is 0.869. The van der Waals surface area contributed by atoms with Crippen molar-refractivity contribution in [1.82, 2.24) is 0 Å². The van der Waals surface area contributed by atoms with Gasteiger partial charge in [-0.25, -0.2) is 0 Å². The molecule has 19 heavy (non-hydrogen) atoms. The standard InChI is InChI=1S/C17H22OS/c1-12(2)10-14-6-5-7-15(11-14)17(4,18)16-9-8-13(3)19-16/h5-9,11-12,18H,10H2,1-4H3. The molecule has 0 radical (unpaired) electrons. The van der Waals surface area contributed by atoms with Crippen molar-refractivity contribution in [2.75, 3.05) is 0 Å². The first kappa shape index (κ1) is 14.3. The predicted octanol–water partition coefficient (Wildman–Crippen LogP) is 4.51. The number of thiophene rings is 1. The molecule has 0 aliphatic heterocycles. The molecule has 1 nitrogen and oxygen atoms in total. The summed E-state index contributed by atoms with van der Waals surface area (Å²) in [5.41, 5.74) is 1.37. The highest BCUT2D eigenvalue weighted by Gasteiger charge is 2.27. The van der Waals surface area contributed by atoms with E-state index in [4.69, 9.17) is 0 Å². The maximum Gasteiger partial charge on any atom is 0.121 e. The molecule has 0 aliphatic rings. The largest absolute Gasteiger partial charge is 0.380 e. The first-order valence-corrected chi connectivity index (χ1v) is 7.60. The van der Waals surface area contributed by atoms with E-state index in [9.17, 15) is 5.11 Å². The summed E-state index contributed by atoms with van der Waals surface area (Å²) in [4.78, 5) is 2.24. The van der Waals surface area contributed by atoms with E-state index >= 15 is 0 Å². The van der Waals surface area contributed by atoms with Crippen LogP contribution in [0.2, 0.25) is 0 Å². The van der Waals surface area contributed by atoms with Gasteiger partial charge >= 0.3 is 0 Å². The van der Waals surface area contributed by atoms with E-state index in [2.05, 4.69) is 39.0 Å². The summed E-state index contributed by atoms with van der Waals surface area (Å²) in [7, 11) is 0. The summed E-state index contributed by atoms with van der Waals surface area (Å²) < 4.78 is 0. The van der Waals surface area contributed by atoms with Crippen molar-refractivity contribution in [3.05, 3.63) is 57.3 Å². The van der Waals surface area contributed by atoms with Crippen LogP contribution < -0.4 is 0 Å². The third kappa shape index (κ3) is 3.26. The van der Waals surface area contributed by atoms with Gasteiger partial charge in [0.05, 0.1) is 0 Å². The molecule has 0 saturated carbocycles. The van der Waals surface area contributed by atoms with Gasteiger partial charge in [0, 0.05) is 9.75 Å². The Bertz CT molecular complexity index is 552. The van der Waals surface area contributed by atoms with Gasteiger partial charge in [0.1, 0.15) is 5.60 Å². The Morgan fingerprint density at radius 3 is 2.53 bits per heavy atom. The molecular formula is C17H22OS. The normalized spacial score (nSPS) is 14.6. The molecule has 1 atom stereocenters. The van der Waals surface area contributed by atoms with Gasteiger partial charge < -0.3 is 5.11 Å². The van der Waals surface area contributed by atoms with Crippen molar-refractivity contribution in [2.24, 2.45) is 5.92 Å². The smallest absolute Gasteiger partial charge is 0.121 e. The lowest BCUT2D eigenvalue weighted by Crippen LogP contribution is -2.21. The molecule has 1 heterocycles. The Kier molecular flexibility index (Phi) is 4.12. The number of benzene rings is 1. The second kappa shape index (κ2) is 5.48. The van der Waals surface area contributed by atoms with Crippen LogP contribution >= 0.6 is 11.3 Å². The molecule has 0 fully saturated rings. The van der Waals surface area contributed by atoms with Crippen molar-refractivity contribution in [3.8, 4) is 0 Å². The van der Waals surface area contributed by atoms with E-state index in [1.54, 1.807) is 11.3 Å². The Morgan fingerprint density at radius 1 is 1.21 bits per heavy atom. The SMILES string of the molecule is Cc1ccc(C(C)(O)c2cccc(CC(C)C)c2)s1. The van der Waals surface area contributed by atoms with Gasteiger partial charge in [0.15, 0.2) is 0 Å². The molecule has 0 saturated heterocycles. The molecule has 2 aromatic rings. The van der Waals surface area contributed by atoms with Crippen molar-refractivity contribution in [1.29, 1.82) is 0 Å². The molecule has 0 aliphatic carbocycles. The molecule has 2 heteroatoms. The summed E-state index contributed by atoms with van der Waals surface area (Å²) in [6, 6.07) is 12.4. The van der Waals surface area contributed by atoms with Crippen LogP contribution in [0, 0.1) is 12.8 Å². The minimum absolute atomic E-state index is 0.629. The van der Waals surface area contributed by atoms with Crippen LogP contribution in [-0.4, -0.2) is 5.11 Å². The third-order valence-electron chi connectivity index (χ3n) is 3.35. The number of rotatable bonds is 4. The second-order valence-electron chi connectivity index (χ2n) is 5.78. The molecule has 1 N–H and O–H groups in total. The van der Waals surface area contributed by atoms with Crippen LogP contribution in [0.5, 0.6) is 0 Å². The second-order valence-corrected chi connectivity index (χ2v) is 7.07. The fourth-order valence-corrected chi connectivity index (χ4v) is 3.25. The van der Waals surface area contributed by atoms with E-state index in [1.165, 1.54) is 10.4 Å². The van der Waals surface area contributed by atoms with Crippen molar-refractivity contribution in [3.63, 3.8) is 0 Å². The summed E-state index contributed by atoms with van der Waals surface area (Å²) in [5, 5.41) is 10.8. The zero-order valence-electron chi connectivity index (χ0n) is 12.1. The van der Waals surface area contributed by atoms with Gasteiger partial charge in [-0.3, -0.25) is 0 Å². The summed E-state index contributed by atoms with van der Waals surface area (Å²) >= 11 is 1.66. The average molecular weight is 274 g/mol. The van der Waals surface area contributed by atoms with Crippen LogP contribution in [0.25, 0.3) is 0 Å². The number of aryl methyl sites for hydroxylation is 1. The highest BCUT2D eigenvalue weighted by atomic mass is 32.1.